The topological polar surface area (TPSA) is 41.3 Å². The molecule has 0 atom stereocenters. The minimum atomic E-state index is 0.822. The van der Waals surface area contributed by atoms with Crippen molar-refractivity contribution in [3.8, 4) is 0 Å². The maximum absolute atomic E-state index is 5.65. The molecule has 144 valence electrons. The predicted octanol–water partition coefficient (Wildman–Crippen LogP) is 4.26. The lowest BCUT2D eigenvalue weighted by molar-refractivity contribution is 0.262. The second-order valence-corrected chi connectivity index (χ2v) is 8.69. The molecule has 0 heterocycles. The van der Waals surface area contributed by atoms with Gasteiger partial charge in [-0.25, -0.2) is 0 Å². The van der Waals surface area contributed by atoms with Gasteiger partial charge in [-0.15, -0.1) is 0 Å². The molecule has 0 unspecified atom stereocenters. The lowest BCUT2D eigenvalue weighted by Crippen LogP contribution is -2.29. The molecule has 0 spiro atoms. The number of nitrogens with one attached hydrogen (secondary N) is 1. The molecule has 1 aliphatic carbocycles. The van der Waals surface area contributed by atoms with Gasteiger partial charge in [0.25, 0.3) is 0 Å². The number of nitrogens with zero attached hydrogens (tertiary/aromatic N) is 1. The molecule has 1 aliphatic rings. The number of hydrogen-bond acceptors (Lipinski definition) is 4. The molecule has 3 N–H and O–H groups in total. The summed E-state index contributed by atoms with van der Waals surface area (Å²) in [5.41, 5.74) is 5.65. The van der Waals surface area contributed by atoms with Crippen LogP contribution in [-0.4, -0.2) is 55.2 Å². The van der Waals surface area contributed by atoms with E-state index in [1.807, 2.05) is 0 Å². The van der Waals surface area contributed by atoms with Crippen LogP contribution in [0.3, 0.4) is 0 Å². The SMILES string of the molecule is CCCCN(CCCN)CCCCNCCCSC1CCCCC1. The van der Waals surface area contributed by atoms with Crippen LogP contribution in [-0.2, 0) is 0 Å². The number of thioether (sulfide) groups is 1. The van der Waals surface area contributed by atoms with Crippen molar-refractivity contribution in [2.45, 2.75) is 82.8 Å². The third-order valence-electron chi connectivity index (χ3n) is 4.99. The third-order valence-corrected chi connectivity index (χ3v) is 6.46. The molecule has 0 amide bonds. The van der Waals surface area contributed by atoms with Crippen LogP contribution in [0, 0.1) is 0 Å². The molecule has 0 radical (unpaired) electrons. The molecule has 0 aliphatic heterocycles. The highest BCUT2D eigenvalue weighted by Crippen LogP contribution is 2.28. The Labute approximate surface area is 155 Å². The van der Waals surface area contributed by atoms with Crippen molar-refractivity contribution in [2.24, 2.45) is 5.73 Å². The van der Waals surface area contributed by atoms with Crippen LogP contribution in [0.1, 0.15) is 77.6 Å². The summed E-state index contributed by atoms with van der Waals surface area (Å²) in [7, 11) is 0. The zero-order valence-electron chi connectivity index (χ0n) is 16.2. The number of unbranched alkanes of at least 4 members (excludes halogenated alkanes) is 2. The van der Waals surface area contributed by atoms with Gasteiger partial charge in [0.05, 0.1) is 0 Å². The molecule has 1 rings (SSSR count). The Morgan fingerprint density at radius 2 is 1.62 bits per heavy atom. The van der Waals surface area contributed by atoms with Gasteiger partial charge in [-0.3, -0.25) is 0 Å². The van der Waals surface area contributed by atoms with E-state index < -0.39 is 0 Å². The summed E-state index contributed by atoms with van der Waals surface area (Å²) >= 11 is 2.23. The van der Waals surface area contributed by atoms with Crippen LogP contribution in [0.15, 0.2) is 0 Å². The fraction of sp³-hybridized carbons (Fsp3) is 1.00. The van der Waals surface area contributed by atoms with Gasteiger partial charge in [0, 0.05) is 5.25 Å². The average molecular weight is 358 g/mol. The summed E-state index contributed by atoms with van der Waals surface area (Å²) in [5.74, 6) is 1.35. The van der Waals surface area contributed by atoms with Gasteiger partial charge in [0.2, 0.25) is 0 Å². The van der Waals surface area contributed by atoms with Crippen molar-refractivity contribution in [3.63, 3.8) is 0 Å². The summed E-state index contributed by atoms with van der Waals surface area (Å²) < 4.78 is 0. The summed E-state index contributed by atoms with van der Waals surface area (Å²) in [6.45, 7) is 9.17. The maximum Gasteiger partial charge on any atom is 0.00470 e. The predicted molar refractivity (Wildman–Crippen MR) is 111 cm³/mol. The van der Waals surface area contributed by atoms with Crippen LogP contribution >= 0.6 is 11.8 Å². The smallest absolute Gasteiger partial charge is 0.00470 e. The van der Waals surface area contributed by atoms with E-state index in [0.717, 1.165) is 18.2 Å². The van der Waals surface area contributed by atoms with Gasteiger partial charge in [-0.05, 0) is 90.0 Å². The van der Waals surface area contributed by atoms with E-state index in [1.165, 1.54) is 103 Å². The lowest BCUT2D eigenvalue weighted by atomic mass is 10.0. The van der Waals surface area contributed by atoms with Crippen molar-refractivity contribution in [1.82, 2.24) is 10.2 Å². The molecule has 4 heteroatoms. The second kappa shape index (κ2) is 16.7. The average Bonchev–Trinajstić information content (AvgIpc) is 2.62. The number of nitrogens with two attached hydrogens (primary N) is 1. The van der Waals surface area contributed by atoms with Crippen LogP contribution < -0.4 is 11.1 Å². The molecule has 0 aromatic heterocycles. The highest BCUT2D eigenvalue weighted by Gasteiger charge is 2.12. The van der Waals surface area contributed by atoms with Gasteiger partial charge < -0.3 is 16.0 Å². The first-order valence-corrected chi connectivity index (χ1v) is 11.7. The zero-order valence-corrected chi connectivity index (χ0v) is 17.1. The Hall–Kier alpha value is 0.230. The van der Waals surface area contributed by atoms with Crippen molar-refractivity contribution < 1.29 is 0 Å². The standard InChI is InChI=1S/C20H43N3S/c1-2-3-16-23(18-9-13-21)17-8-7-14-22-15-10-19-24-20-11-5-4-6-12-20/h20,22H,2-19,21H2,1H3. The third kappa shape index (κ3) is 12.6. The van der Waals surface area contributed by atoms with E-state index >= 15 is 0 Å². The monoisotopic (exact) mass is 357 g/mol. The van der Waals surface area contributed by atoms with Crippen molar-refractivity contribution in [1.29, 1.82) is 0 Å². The van der Waals surface area contributed by atoms with Gasteiger partial charge in [0.1, 0.15) is 0 Å². The van der Waals surface area contributed by atoms with Gasteiger partial charge in [-0.1, -0.05) is 32.6 Å². The van der Waals surface area contributed by atoms with E-state index in [9.17, 15) is 0 Å². The van der Waals surface area contributed by atoms with E-state index in [2.05, 4.69) is 28.9 Å². The van der Waals surface area contributed by atoms with Gasteiger partial charge in [-0.2, -0.15) is 11.8 Å². The molecular weight excluding hydrogens is 314 g/mol. The number of hydrogen-bond donors (Lipinski definition) is 2. The quantitative estimate of drug-likeness (QED) is 0.405. The lowest BCUT2D eigenvalue weighted by Gasteiger charge is -2.22. The zero-order chi connectivity index (χ0) is 17.3. The highest BCUT2D eigenvalue weighted by molar-refractivity contribution is 7.99. The fourth-order valence-electron chi connectivity index (χ4n) is 3.42. The summed E-state index contributed by atoms with van der Waals surface area (Å²) in [5, 5.41) is 4.60. The van der Waals surface area contributed by atoms with Crippen LogP contribution in [0.25, 0.3) is 0 Å². The Morgan fingerprint density at radius 1 is 0.917 bits per heavy atom. The summed E-state index contributed by atoms with van der Waals surface area (Å²) in [4.78, 5) is 2.61. The molecule has 0 aromatic rings. The molecule has 1 saturated carbocycles. The van der Waals surface area contributed by atoms with Crippen molar-refractivity contribution >= 4 is 11.8 Å². The maximum atomic E-state index is 5.65. The molecule has 24 heavy (non-hydrogen) atoms. The molecule has 0 aromatic carbocycles. The highest BCUT2D eigenvalue weighted by atomic mass is 32.2. The van der Waals surface area contributed by atoms with Crippen molar-refractivity contribution in [3.05, 3.63) is 0 Å². The van der Waals surface area contributed by atoms with Gasteiger partial charge in [0.15, 0.2) is 0 Å². The normalized spacial score (nSPS) is 16.1. The second-order valence-electron chi connectivity index (χ2n) is 7.28. The van der Waals surface area contributed by atoms with Crippen molar-refractivity contribution in [2.75, 3.05) is 45.0 Å². The van der Waals surface area contributed by atoms with E-state index in [0.29, 0.717) is 0 Å². The first-order valence-electron chi connectivity index (χ1n) is 10.6. The largest absolute Gasteiger partial charge is 0.330 e. The van der Waals surface area contributed by atoms with Crippen LogP contribution in [0.5, 0.6) is 0 Å². The molecular formula is C20H43N3S. The van der Waals surface area contributed by atoms with Crippen LogP contribution in [0.2, 0.25) is 0 Å². The first kappa shape index (κ1) is 22.3. The minimum Gasteiger partial charge on any atom is -0.330 e. The first-order chi connectivity index (χ1) is 11.9. The fourth-order valence-corrected chi connectivity index (χ4v) is 4.73. The molecule has 1 fully saturated rings. The summed E-state index contributed by atoms with van der Waals surface area (Å²) in [6, 6.07) is 0. The molecule has 3 nitrogen and oxygen atoms in total. The van der Waals surface area contributed by atoms with E-state index in [4.69, 9.17) is 5.73 Å². The minimum absolute atomic E-state index is 0.822. The number of rotatable bonds is 16. The van der Waals surface area contributed by atoms with Gasteiger partial charge >= 0.3 is 0 Å². The molecule has 0 bridgehead atoms. The molecule has 0 saturated heterocycles. The Morgan fingerprint density at radius 3 is 2.38 bits per heavy atom. The van der Waals surface area contributed by atoms with E-state index in [-0.39, 0.29) is 0 Å². The summed E-state index contributed by atoms with van der Waals surface area (Å²) in [6.07, 6.45) is 15.1. The van der Waals surface area contributed by atoms with E-state index in [1.54, 1.807) is 0 Å². The Balaban J connectivity index is 1.87. The van der Waals surface area contributed by atoms with Crippen LogP contribution in [0.4, 0.5) is 0 Å². The Bertz CT molecular complexity index is 249. The Kier molecular flexibility index (Phi) is 15.5.